The van der Waals surface area contributed by atoms with Crippen molar-refractivity contribution in [1.29, 1.82) is 0 Å². The standard InChI is InChI=1S/C4H4BrClO2S/c5-3-1-9(7,8)2-4(3)6/h2-3H,1H2. The average Bonchev–Trinajstić information content (AvgIpc) is 1.79. The molecule has 0 bridgehead atoms. The minimum Gasteiger partial charge on any atom is -0.224 e. The van der Waals surface area contributed by atoms with E-state index in [0.717, 1.165) is 5.41 Å². The highest BCUT2D eigenvalue weighted by molar-refractivity contribution is 9.09. The summed E-state index contributed by atoms with van der Waals surface area (Å²) < 4.78 is 21.3. The topological polar surface area (TPSA) is 34.1 Å². The van der Waals surface area contributed by atoms with Crippen molar-refractivity contribution in [2.45, 2.75) is 4.83 Å². The van der Waals surface area contributed by atoms with Gasteiger partial charge in [0, 0.05) is 10.4 Å². The second-order valence-electron chi connectivity index (χ2n) is 1.80. The van der Waals surface area contributed by atoms with Gasteiger partial charge in [-0.2, -0.15) is 0 Å². The lowest BCUT2D eigenvalue weighted by Gasteiger charge is -1.93. The van der Waals surface area contributed by atoms with Gasteiger partial charge in [0.05, 0.1) is 10.6 Å². The molecular weight excluding hydrogens is 227 g/mol. The van der Waals surface area contributed by atoms with Gasteiger partial charge >= 0.3 is 0 Å². The van der Waals surface area contributed by atoms with E-state index in [-0.39, 0.29) is 10.6 Å². The van der Waals surface area contributed by atoms with E-state index in [9.17, 15) is 8.42 Å². The number of hydrogen-bond acceptors (Lipinski definition) is 2. The molecule has 0 saturated carbocycles. The minimum absolute atomic E-state index is 0.0891. The molecule has 1 aliphatic heterocycles. The molecule has 1 atom stereocenters. The van der Waals surface area contributed by atoms with E-state index < -0.39 is 9.84 Å². The number of allylic oxidation sites excluding steroid dienone is 1. The third kappa shape index (κ3) is 1.69. The van der Waals surface area contributed by atoms with E-state index in [1.54, 1.807) is 0 Å². The second-order valence-corrected chi connectivity index (χ2v) is 5.24. The summed E-state index contributed by atoms with van der Waals surface area (Å²) in [7, 11) is -2.99. The molecule has 0 fully saturated rings. The van der Waals surface area contributed by atoms with Crippen molar-refractivity contribution in [2.24, 2.45) is 0 Å². The lowest BCUT2D eigenvalue weighted by atomic mass is 10.5. The molecule has 0 aromatic heterocycles. The lowest BCUT2D eigenvalue weighted by molar-refractivity contribution is 0.607. The molecule has 0 spiro atoms. The van der Waals surface area contributed by atoms with Gasteiger partial charge in [-0.15, -0.1) is 0 Å². The number of sulfone groups is 1. The first kappa shape index (κ1) is 7.57. The largest absolute Gasteiger partial charge is 0.224 e. The molecule has 0 aromatic carbocycles. The smallest absolute Gasteiger partial charge is 0.174 e. The Morgan fingerprint density at radius 3 is 2.44 bits per heavy atom. The van der Waals surface area contributed by atoms with E-state index in [1.807, 2.05) is 0 Å². The van der Waals surface area contributed by atoms with E-state index >= 15 is 0 Å². The molecule has 0 radical (unpaired) electrons. The zero-order valence-corrected chi connectivity index (χ0v) is 7.50. The zero-order valence-electron chi connectivity index (χ0n) is 4.34. The van der Waals surface area contributed by atoms with Crippen LogP contribution < -0.4 is 0 Å². The fraction of sp³-hybridized carbons (Fsp3) is 0.500. The lowest BCUT2D eigenvalue weighted by Crippen LogP contribution is -2.03. The molecule has 1 rings (SSSR count). The minimum atomic E-state index is -2.99. The van der Waals surface area contributed by atoms with Crippen LogP contribution in [0, 0.1) is 0 Å². The summed E-state index contributed by atoms with van der Waals surface area (Å²) >= 11 is 8.58. The van der Waals surface area contributed by atoms with Crippen molar-refractivity contribution in [1.82, 2.24) is 0 Å². The number of rotatable bonds is 0. The van der Waals surface area contributed by atoms with Crippen LogP contribution in [0.3, 0.4) is 0 Å². The summed E-state index contributed by atoms with van der Waals surface area (Å²) in [6, 6.07) is 0. The van der Waals surface area contributed by atoms with Gasteiger partial charge in [0.15, 0.2) is 9.84 Å². The Morgan fingerprint density at radius 2 is 2.33 bits per heavy atom. The summed E-state index contributed by atoms with van der Waals surface area (Å²) in [6.45, 7) is 0. The highest BCUT2D eigenvalue weighted by atomic mass is 79.9. The zero-order chi connectivity index (χ0) is 7.07. The highest BCUT2D eigenvalue weighted by Crippen LogP contribution is 2.26. The Morgan fingerprint density at radius 1 is 1.78 bits per heavy atom. The predicted octanol–water partition coefficient (Wildman–Crippen LogP) is 1.26. The third-order valence-corrected chi connectivity index (χ3v) is 4.39. The molecule has 5 heteroatoms. The Kier molecular flexibility index (Phi) is 1.89. The van der Waals surface area contributed by atoms with Gasteiger partial charge in [-0.05, 0) is 0 Å². The average molecular weight is 231 g/mol. The Hall–Kier alpha value is 0.460. The third-order valence-electron chi connectivity index (χ3n) is 0.970. The molecule has 0 aromatic rings. The summed E-state index contributed by atoms with van der Waals surface area (Å²) in [6.07, 6.45) is 0. The van der Waals surface area contributed by atoms with E-state index in [4.69, 9.17) is 11.6 Å². The first-order chi connectivity index (χ1) is 4.01. The summed E-state index contributed by atoms with van der Waals surface area (Å²) in [5.74, 6) is 0.0891. The first-order valence-corrected chi connectivity index (χ1v) is 5.26. The number of hydrogen-bond donors (Lipinski definition) is 0. The Balaban J connectivity index is 3.01. The first-order valence-electron chi connectivity index (χ1n) is 2.25. The summed E-state index contributed by atoms with van der Waals surface area (Å²) in [5.41, 5.74) is 0. The summed E-state index contributed by atoms with van der Waals surface area (Å²) in [4.78, 5) is -0.191. The van der Waals surface area contributed by atoms with Gasteiger partial charge < -0.3 is 0 Å². The van der Waals surface area contributed by atoms with Crippen LogP contribution in [0.1, 0.15) is 0 Å². The molecule has 0 N–H and O–H groups in total. The van der Waals surface area contributed by atoms with Crippen LogP contribution in [0.25, 0.3) is 0 Å². The maximum absolute atomic E-state index is 10.7. The van der Waals surface area contributed by atoms with Crippen molar-refractivity contribution in [2.75, 3.05) is 5.75 Å². The summed E-state index contributed by atoms with van der Waals surface area (Å²) in [5, 5.41) is 1.46. The van der Waals surface area contributed by atoms with Crippen molar-refractivity contribution in [3.8, 4) is 0 Å². The SMILES string of the molecule is O=S1(=O)C=C(Cl)C(Br)C1. The van der Waals surface area contributed by atoms with Crippen LogP contribution >= 0.6 is 27.5 Å². The molecule has 0 saturated heterocycles. The van der Waals surface area contributed by atoms with E-state index in [1.165, 1.54) is 0 Å². The monoisotopic (exact) mass is 230 g/mol. The van der Waals surface area contributed by atoms with Gasteiger partial charge in [-0.3, -0.25) is 0 Å². The van der Waals surface area contributed by atoms with Crippen LogP contribution in [-0.4, -0.2) is 19.0 Å². The van der Waals surface area contributed by atoms with Crippen LogP contribution in [0.15, 0.2) is 10.4 Å². The van der Waals surface area contributed by atoms with Crippen molar-refractivity contribution >= 4 is 37.4 Å². The Bertz CT molecular complexity index is 243. The molecule has 1 heterocycles. The molecule has 0 amide bonds. The van der Waals surface area contributed by atoms with E-state index in [2.05, 4.69) is 15.9 Å². The van der Waals surface area contributed by atoms with Gasteiger partial charge in [0.1, 0.15) is 0 Å². The van der Waals surface area contributed by atoms with E-state index in [0.29, 0.717) is 5.03 Å². The number of alkyl halides is 1. The molecule has 2 nitrogen and oxygen atoms in total. The maximum Gasteiger partial charge on any atom is 0.174 e. The Labute approximate surface area is 66.9 Å². The van der Waals surface area contributed by atoms with Gasteiger partial charge in [-0.1, -0.05) is 27.5 Å². The van der Waals surface area contributed by atoms with Crippen molar-refractivity contribution in [3.05, 3.63) is 10.4 Å². The van der Waals surface area contributed by atoms with Crippen LogP contribution in [0.5, 0.6) is 0 Å². The molecule has 1 aliphatic rings. The fourth-order valence-corrected chi connectivity index (χ4v) is 3.76. The van der Waals surface area contributed by atoms with Crippen LogP contribution in [0.4, 0.5) is 0 Å². The normalized spacial score (nSPS) is 32.2. The predicted molar refractivity (Wildman–Crippen MR) is 40.4 cm³/mol. The highest BCUT2D eigenvalue weighted by Gasteiger charge is 2.25. The van der Waals surface area contributed by atoms with Gasteiger partial charge in [0.25, 0.3) is 0 Å². The quantitative estimate of drug-likeness (QED) is 0.588. The molecule has 0 aliphatic carbocycles. The van der Waals surface area contributed by atoms with Crippen LogP contribution in [-0.2, 0) is 9.84 Å². The number of halogens is 2. The maximum atomic E-state index is 10.7. The van der Waals surface area contributed by atoms with Gasteiger partial charge in [-0.25, -0.2) is 8.42 Å². The van der Waals surface area contributed by atoms with Crippen molar-refractivity contribution in [3.63, 3.8) is 0 Å². The molecule has 9 heavy (non-hydrogen) atoms. The van der Waals surface area contributed by atoms with Crippen molar-refractivity contribution < 1.29 is 8.42 Å². The molecule has 52 valence electrons. The molecular formula is C4H4BrClO2S. The molecule has 1 unspecified atom stereocenters. The van der Waals surface area contributed by atoms with Crippen LogP contribution in [0.2, 0.25) is 0 Å². The fourth-order valence-electron chi connectivity index (χ4n) is 0.577. The van der Waals surface area contributed by atoms with Gasteiger partial charge in [0.2, 0.25) is 0 Å². The second kappa shape index (κ2) is 2.25.